The van der Waals surface area contributed by atoms with Gasteiger partial charge in [0.05, 0.1) is 6.54 Å². The molecule has 0 radical (unpaired) electrons. The number of hydrogen-bond acceptors (Lipinski definition) is 5. The number of rotatable bonds is 5. The number of carbonyl (C=O) groups is 1. The zero-order valence-corrected chi connectivity index (χ0v) is 14.4. The molecule has 1 aliphatic rings. The van der Waals surface area contributed by atoms with Crippen LogP contribution in [0, 0.1) is 12.7 Å². The minimum Gasteiger partial charge on any atom is -0.481 e. The van der Waals surface area contributed by atoms with Crippen molar-refractivity contribution in [1.29, 1.82) is 0 Å². The van der Waals surface area contributed by atoms with E-state index in [0.717, 1.165) is 30.3 Å². The van der Waals surface area contributed by atoms with E-state index in [4.69, 9.17) is 4.74 Å². The Morgan fingerprint density at radius 2 is 2.04 bits per heavy atom. The van der Waals surface area contributed by atoms with Crippen LogP contribution in [-0.2, 0) is 11.3 Å². The van der Waals surface area contributed by atoms with Crippen LogP contribution in [0.3, 0.4) is 0 Å². The summed E-state index contributed by atoms with van der Waals surface area (Å²) in [7, 11) is 0. The van der Waals surface area contributed by atoms with Gasteiger partial charge in [-0.15, -0.1) is 11.3 Å². The lowest BCUT2D eigenvalue weighted by atomic mass is 10.3. The van der Waals surface area contributed by atoms with Crippen molar-refractivity contribution in [1.82, 2.24) is 14.8 Å². The van der Waals surface area contributed by atoms with E-state index in [1.807, 2.05) is 6.92 Å². The zero-order valence-electron chi connectivity index (χ0n) is 13.6. The van der Waals surface area contributed by atoms with Gasteiger partial charge in [-0.2, -0.15) is 0 Å². The summed E-state index contributed by atoms with van der Waals surface area (Å²) in [6.45, 7) is 5.62. The van der Waals surface area contributed by atoms with E-state index < -0.39 is 5.82 Å². The van der Waals surface area contributed by atoms with Gasteiger partial charge in [0.2, 0.25) is 0 Å². The van der Waals surface area contributed by atoms with Gasteiger partial charge in [-0.3, -0.25) is 9.69 Å². The molecule has 1 fully saturated rings. The monoisotopic (exact) mass is 349 g/mol. The number of aryl methyl sites for hydroxylation is 1. The summed E-state index contributed by atoms with van der Waals surface area (Å²) in [5, 5.41) is 3.16. The lowest BCUT2D eigenvalue weighted by Crippen LogP contribution is -2.49. The second-order valence-electron chi connectivity index (χ2n) is 5.76. The summed E-state index contributed by atoms with van der Waals surface area (Å²) in [5.74, 6) is -0.444. The van der Waals surface area contributed by atoms with E-state index in [1.165, 1.54) is 12.1 Å². The highest BCUT2D eigenvalue weighted by molar-refractivity contribution is 7.09. The number of nitrogens with zero attached hydrogens (tertiary/aromatic N) is 3. The van der Waals surface area contributed by atoms with E-state index in [1.54, 1.807) is 28.4 Å². The topological polar surface area (TPSA) is 45.7 Å². The number of carbonyl (C=O) groups excluding carboxylic acids is 1. The SMILES string of the molecule is Cc1csc(CN2CCN(C(=O)COc3ccccc3F)CC2)n1. The van der Waals surface area contributed by atoms with Crippen LogP contribution in [0.5, 0.6) is 5.75 Å². The van der Waals surface area contributed by atoms with Gasteiger partial charge in [0.1, 0.15) is 5.01 Å². The number of benzene rings is 1. The fourth-order valence-corrected chi connectivity index (χ4v) is 3.43. The number of para-hydroxylation sites is 1. The summed E-state index contributed by atoms with van der Waals surface area (Å²) in [6, 6.07) is 6.12. The van der Waals surface area contributed by atoms with Crippen molar-refractivity contribution >= 4 is 17.2 Å². The molecule has 0 N–H and O–H groups in total. The van der Waals surface area contributed by atoms with E-state index in [2.05, 4.69) is 15.3 Å². The smallest absolute Gasteiger partial charge is 0.260 e. The van der Waals surface area contributed by atoms with Gasteiger partial charge in [-0.05, 0) is 19.1 Å². The molecular formula is C17H20FN3O2S. The van der Waals surface area contributed by atoms with Crippen LogP contribution in [0.25, 0.3) is 0 Å². The standard InChI is InChI=1S/C17H20FN3O2S/c1-13-12-24-16(19-13)10-20-6-8-21(9-7-20)17(22)11-23-15-5-3-2-4-14(15)18/h2-5,12H,6-11H2,1H3. The van der Waals surface area contributed by atoms with Crippen molar-refractivity contribution < 1.29 is 13.9 Å². The molecule has 128 valence electrons. The van der Waals surface area contributed by atoms with Crippen LogP contribution in [-0.4, -0.2) is 53.5 Å². The first-order valence-corrected chi connectivity index (χ1v) is 8.78. The summed E-state index contributed by atoms with van der Waals surface area (Å²) in [4.78, 5) is 20.7. The molecule has 1 aromatic heterocycles. The van der Waals surface area contributed by atoms with Crippen LogP contribution in [0.1, 0.15) is 10.7 Å². The second-order valence-corrected chi connectivity index (χ2v) is 6.70. The Balaban J connectivity index is 1.44. The molecule has 1 amide bonds. The minimum atomic E-state index is -0.450. The number of aromatic nitrogens is 1. The first kappa shape index (κ1) is 16.9. The Labute approximate surface area is 144 Å². The number of amides is 1. The Bertz CT molecular complexity index is 699. The average molecular weight is 349 g/mol. The van der Waals surface area contributed by atoms with Gasteiger partial charge in [-0.1, -0.05) is 12.1 Å². The number of piperazine rings is 1. The van der Waals surface area contributed by atoms with Crippen LogP contribution in [0.15, 0.2) is 29.6 Å². The quantitative estimate of drug-likeness (QED) is 0.831. The van der Waals surface area contributed by atoms with Crippen molar-refractivity contribution in [2.75, 3.05) is 32.8 Å². The molecule has 0 aliphatic carbocycles. The third-order valence-corrected chi connectivity index (χ3v) is 4.89. The Hall–Kier alpha value is -1.99. The van der Waals surface area contributed by atoms with Crippen molar-refractivity contribution in [2.24, 2.45) is 0 Å². The molecule has 24 heavy (non-hydrogen) atoms. The second kappa shape index (κ2) is 7.72. The summed E-state index contributed by atoms with van der Waals surface area (Å²) in [5.41, 5.74) is 1.05. The zero-order chi connectivity index (χ0) is 16.9. The molecule has 2 heterocycles. The molecule has 1 aliphatic heterocycles. The minimum absolute atomic E-state index is 0.108. The average Bonchev–Trinajstić information content (AvgIpc) is 2.99. The van der Waals surface area contributed by atoms with Crippen molar-refractivity contribution in [3.05, 3.63) is 46.2 Å². The predicted octanol–water partition coefficient (Wildman–Crippen LogP) is 2.31. The van der Waals surface area contributed by atoms with E-state index in [9.17, 15) is 9.18 Å². The van der Waals surface area contributed by atoms with Crippen molar-refractivity contribution in [2.45, 2.75) is 13.5 Å². The largest absolute Gasteiger partial charge is 0.481 e. The molecule has 1 aromatic carbocycles. The van der Waals surface area contributed by atoms with Crippen LogP contribution in [0.2, 0.25) is 0 Å². The normalized spacial score (nSPS) is 15.5. The molecule has 3 rings (SSSR count). The molecule has 7 heteroatoms. The maximum Gasteiger partial charge on any atom is 0.260 e. The molecular weight excluding hydrogens is 329 g/mol. The third kappa shape index (κ3) is 4.30. The highest BCUT2D eigenvalue weighted by Gasteiger charge is 2.22. The molecule has 0 atom stereocenters. The third-order valence-electron chi connectivity index (χ3n) is 3.94. The molecule has 0 bridgehead atoms. The fraction of sp³-hybridized carbons (Fsp3) is 0.412. The molecule has 0 unspecified atom stereocenters. The Kier molecular flexibility index (Phi) is 5.42. The van der Waals surface area contributed by atoms with Gasteiger partial charge >= 0.3 is 0 Å². The summed E-state index contributed by atoms with van der Waals surface area (Å²) in [6.07, 6.45) is 0. The molecule has 1 saturated heterocycles. The lowest BCUT2D eigenvalue weighted by Gasteiger charge is -2.34. The highest BCUT2D eigenvalue weighted by atomic mass is 32.1. The highest BCUT2D eigenvalue weighted by Crippen LogP contribution is 2.16. The molecule has 5 nitrogen and oxygen atoms in total. The van der Waals surface area contributed by atoms with Crippen LogP contribution < -0.4 is 4.74 Å². The van der Waals surface area contributed by atoms with Gasteiger partial charge < -0.3 is 9.64 Å². The van der Waals surface area contributed by atoms with Gasteiger partial charge in [0.15, 0.2) is 18.2 Å². The predicted molar refractivity (Wildman–Crippen MR) is 90.6 cm³/mol. The van der Waals surface area contributed by atoms with E-state index >= 15 is 0 Å². The van der Waals surface area contributed by atoms with Gasteiger partial charge in [-0.25, -0.2) is 9.37 Å². The number of ether oxygens (including phenoxy) is 1. The van der Waals surface area contributed by atoms with E-state index in [0.29, 0.717) is 13.1 Å². The fourth-order valence-electron chi connectivity index (χ4n) is 2.61. The summed E-state index contributed by atoms with van der Waals surface area (Å²) < 4.78 is 18.8. The number of hydrogen-bond donors (Lipinski definition) is 0. The summed E-state index contributed by atoms with van der Waals surface area (Å²) >= 11 is 1.67. The maximum atomic E-state index is 13.5. The molecule has 0 spiro atoms. The number of halogens is 1. The Morgan fingerprint density at radius 1 is 1.29 bits per heavy atom. The van der Waals surface area contributed by atoms with Crippen LogP contribution >= 0.6 is 11.3 Å². The van der Waals surface area contributed by atoms with Gasteiger partial charge in [0, 0.05) is 37.3 Å². The van der Waals surface area contributed by atoms with E-state index in [-0.39, 0.29) is 18.3 Å². The van der Waals surface area contributed by atoms with Gasteiger partial charge in [0.25, 0.3) is 5.91 Å². The van der Waals surface area contributed by atoms with Crippen molar-refractivity contribution in [3.8, 4) is 5.75 Å². The molecule has 0 saturated carbocycles. The Morgan fingerprint density at radius 3 is 2.71 bits per heavy atom. The maximum absolute atomic E-state index is 13.5. The first-order chi connectivity index (χ1) is 11.6. The number of thiazole rings is 1. The first-order valence-electron chi connectivity index (χ1n) is 7.90. The lowest BCUT2D eigenvalue weighted by molar-refractivity contribution is -0.135. The van der Waals surface area contributed by atoms with Crippen LogP contribution in [0.4, 0.5) is 4.39 Å². The molecule has 2 aromatic rings. The van der Waals surface area contributed by atoms with Crippen molar-refractivity contribution in [3.63, 3.8) is 0 Å².